The summed E-state index contributed by atoms with van der Waals surface area (Å²) < 4.78 is 38.5. The quantitative estimate of drug-likeness (QED) is 0.531. The van der Waals surface area contributed by atoms with E-state index in [1.807, 2.05) is 24.3 Å². The van der Waals surface area contributed by atoms with Gasteiger partial charge in [0.05, 0.1) is 17.9 Å². The molecule has 1 aromatic carbocycles. The molecule has 1 saturated heterocycles. The predicted octanol–water partition coefficient (Wildman–Crippen LogP) is 3.57. The van der Waals surface area contributed by atoms with Crippen molar-refractivity contribution in [3.05, 3.63) is 52.2 Å². The SMILES string of the molecule is COc1ccc(Cc2nnc(NC(=O)C3CCCCN3S(=O)(=O)c3ccc(Cl)s3)o2)cc1. The van der Waals surface area contributed by atoms with Gasteiger partial charge in [-0.05, 0) is 42.7 Å². The van der Waals surface area contributed by atoms with Crippen LogP contribution in [0, 0.1) is 0 Å². The number of nitrogens with one attached hydrogen (secondary N) is 1. The molecule has 170 valence electrons. The number of piperidine rings is 1. The molecule has 0 radical (unpaired) electrons. The summed E-state index contributed by atoms with van der Waals surface area (Å²) in [5, 5.41) is 10.4. The lowest BCUT2D eigenvalue weighted by Gasteiger charge is -2.32. The molecule has 4 rings (SSSR count). The van der Waals surface area contributed by atoms with Crippen LogP contribution in [0.15, 0.2) is 45.0 Å². The van der Waals surface area contributed by atoms with Crippen molar-refractivity contribution in [1.29, 1.82) is 0 Å². The molecule has 0 spiro atoms. The summed E-state index contributed by atoms with van der Waals surface area (Å²) in [4.78, 5) is 12.9. The highest BCUT2D eigenvalue weighted by atomic mass is 35.5. The molecule has 1 amide bonds. The molecular weight excluding hydrogens is 476 g/mol. The maximum absolute atomic E-state index is 13.1. The van der Waals surface area contributed by atoms with Gasteiger partial charge in [-0.25, -0.2) is 8.42 Å². The number of benzene rings is 1. The van der Waals surface area contributed by atoms with Gasteiger partial charge in [-0.3, -0.25) is 10.1 Å². The molecule has 1 fully saturated rings. The van der Waals surface area contributed by atoms with E-state index in [4.69, 9.17) is 20.8 Å². The summed E-state index contributed by atoms with van der Waals surface area (Å²) in [6.07, 6.45) is 2.20. The van der Waals surface area contributed by atoms with Crippen LogP contribution in [0.25, 0.3) is 0 Å². The Hall–Kier alpha value is -2.47. The van der Waals surface area contributed by atoms with E-state index in [1.165, 1.54) is 16.4 Å². The number of carbonyl (C=O) groups is 1. The van der Waals surface area contributed by atoms with Crippen molar-refractivity contribution in [2.24, 2.45) is 0 Å². The first-order valence-electron chi connectivity index (χ1n) is 9.90. The molecule has 0 saturated carbocycles. The van der Waals surface area contributed by atoms with Crippen LogP contribution in [0.3, 0.4) is 0 Å². The van der Waals surface area contributed by atoms with Gasteiger partial charge in [-0.15, -0.1) is 16.4 Å². The van der Waals surface area contributed by atoms with Gasteiger partial charge in [-0.2, -0.15) is 4.31 Å². The Morgan fingerprint density at radius 1 is 1.25 bits per heavy atom. The molecule has 0 bridgehead atoms. The molecule has 1 aliphatic rings. The third-order valence-corrected chi connectivity index (χ3v) is 8.69. The number of anilines is 1. The van der Waals surface area contributed by atoms with E-state index in [1.54, 1.807) is 7.11 Å². The summed E-state index contributed by atoms with van der Waals surface area (Å²) in [5.41, 5.74) is 0.937. The molecule has 32 heavy (non-hydrogen) atoms. The van der Waals surface area contributed by atoms with E-state index >= 15 is 0 Å². The van der Waals surface area contributed by atoms with Crippen LogP contribution >= 0.6 is 22.9 Å². The predicted molar refractivity (Wildman–Crippen MR) is 120 cm³/mol. The van der Waals surface area contributed by atoms with Gasteiger partial charge in [0.25, 0.3) is 10.0 Å². The summed E-state index contributed by atoms with van der Waals surface area (Å²) in [6, 6.07) is 9.45. The highest BCUT2D eigenvalue weighted by Gasteiger charge is 2.38. The van der Waals surface area contributed by atoms with Gasteiger partial charge in [-0.1, -0.05) is 35.3 Å². The molecule has 2 aromatic heterocycles. The first kappa shape index (κ1) is 22.7. The number of nitrogens with zero attached hydrogens (tertiary/aromatic N) is 3. The molecule has 0 aliphatic carbocycles. The van der Waals surface area contributed by atoms with Crippen molar-refractivity contribution in [1.82, 2.24) is 14.5 Å². The molecule has 3 heterocycles. The van der Waals surface area contributed by atoms with Crippen LogP contribution < -0.4 is 10.1 Å². The van der Waals surface area contributed by atoms with E-state index in [9.17, 15) is 13.2 Å². The van der Waals surface area contributed by atoms with E-state index in [-0.39, 0.29) is 16.8 Å². The summed E-state index contributed by atoms with van der Waals surface area (Å²) in [7, 11) is -2.25. The third kappa shape index (κ3) is 4.96. The fourth-order valence-electron chi connectivity index (χ4n) is 3.49. The summed E-state index contributed by atoms with van der Waals surface area (Å²) >= 11 is 6.88. The molecular formula is C20H21ClN4O5S2. The lowest BCUT2D eigenvalue weighted by Crippen LogP contribution is -2.49. The van der Waals surface area contributed by atoms with Crippen molar-refractivity contribution in [3.63, 3.8) is 0 Å². The second-order valence-corrected chi connectivity index (χ2v) is 11.0. The molecule has 1 unspecified atom stereocenters. The minimum atomic E-state index is -3.84. The van der Waals surface area contributed by atoms with E-state index in [0.717, 1.165) is 29.1 Å². The monoisotopic (exact) mass is 496 g/mol. The Labute approximate surface area is 194 Å². The van der Waals surface area contributed by atoms with Gasteiger partial charge in [0.15, 0.2) is 0 Å². The van der Waals surface area contributed by atoms with Crippen LogP contribution in [0.5, 0.6) is 5.75 Å². The summed E-state index contributed by atoms with van der Waals surface area (Å²) in [5.74, 6) is 0.562. The Morgan fingerprint density at radius 3 is 2.72 bits per heavy atom. The second kappa shape index (κ2) is 9.57. The van der Waals surface area contributed by atoms with Crippen molar-refractivity contribution in [2.45, 2.75) is 35.9 Å². The maximum atomic E-state index is 13.1. The third-order valence-electron chi connectivity index (χ3n) is 5.08. The number of thiophene rings is 1. The van der Waals surface area contributed by atoms with Crippen molar-refractivity contribution in [3.8, 4) is 5.75 Å². The molecule has 9 nitrogen and oxygen atoms in total. The number of amides is 1. The number of carbonyl (C=O) groups excluding carboxylic acids is 1. The van der Waals surface area contributed by atoms with E-state index in [2.05, 4.69) is 15.5 Å². The van der Waals surface area contributed by atoms with Crippen LogP contribution in [0.1, 0.15) is 30.7 Å². The van der Waals surface area contributed by atoms with Crippen molar-refractivity contribution < 1.29 is 22.4 Å². The number of rotatable bonds is 7. The largest absolute Gasteiger partial charge is 0.497 e. The van der Waals surface area contributed by atoms with Gasteiger partial charge in [0.2, 0.25) is 11.8 Å². The number of sulfonamides is 1. The molecule has 1 N–H and O–H groups in total. The van der Waals surface area contributed by atoms with Gasteiger partial charge in [0.1, 0.15) is 16.0 Å². The van der Waals surface area contributed by atoms with Crippen molar-refractivity contribution in [2.75, 3.05) is 19.0 Å². The van der Waals surface area contributed by atoms with Gasteiger partial charge >= 0.3 is 6.01 Å². The molecule has 3 aromatic rings. The average Bonchev–Trinajstić information content (AvgIpc) is 3.43. The maximum Gasteiger partial charge on any atom is 0.322 e. The highest BCUT2D eigenvalue weighted by Crippen LogP contribution is 2.32. The minimum Gasteiger partial charge on any atom is -0.497 e. The summed E-state index contributed by atoms with van der Waals surface area (Å²) in [6.45, 7) is 0.252. The second-order valence-electron chi connectivity index (χ2n) is 7.20. The van der Waals surface area contributed by atoms with Crippen LogP contribution in [0.4, 0.5) is 6.01 Å². The normalized spacial score (nSPS) is 17.2. The smallest absolute Gasteiger partial charge is 0.322 e. The fourth-order valence-corrected chi connectivity index (χ4v) is 6.76. The van der Waals surface area contributed by atoms with E-state index in [0.29, 0.717) is 29.5 Å². The highest BCUT2D eigenvalue weighted by molar-refractivity contribution is 7.91. The van der Waals surface area contributed by atoms with Crippen molar-refractivity contribution >= 4 is 44.9 Å². The van der Waals surface area contributed by atoms with Gasteiger partial charge < -0.3 is 9.15 Å². The Bertz CT molecular complexity index is 1190. The Morgan fingerprint density at radius 2 is 2.03 bits per heavy atom. The molecule has 12 heteroatoms. The molecule has 1 aliphatic heterocycles. The fraction of sp³-hybridized carbons (Fsp3) is 0.350. The van der Waals surface area contributed by atoms with E-state index < -0.39 is 22.0 Å². The first-order valence-corrected chi connectivity index (χ1v) is 12.5. The zero-order valence-corrected chi connectivity index (χ0v) is 19.5. The zero-order chi connectivity index (χ0) is 22.7. The van der Waals surface area contributed by atoms with Crippen LogP contribution in [-0.2, 0) is 21.2 Å². The van der Waals surface area contributed by atoms with Gasteiger partial charge in [0, 0.05) is 6.54 Å². The lowest BCUT2D eigenvalue weighted by molar-refractivity contribution is -0.120. The molecule has 1 atom stereocenters. The van der Waals surface area contributed by atoms with Crippen LogP contribution in [0.2, 0.25) is 4.34 Å². The number of ether oxygens (including phenoxy) is 1. The lowest BCUT2D eigenvalue weighted by atomic mass is 10.0. The topological polar surface area (TPSA) is 115 Å². The number of hydrogen-bond acceptors (Lipinski definition) is 8. The van der Waals surface area contributed by atoms with Crippen LogP contribution in [-0.4, -0.2) is 48.5 Å². The number of aromatic nitrogens is 2. The number of halogens is 1. The Balaban J connectivity index is 1.45. The standard InChI is InChI=1S/C20H21ClN4O5S2/c1-29-14-7-5-13(6-8-14)12-17-23-24-20(30-17)22-19(26)15-4-2-3-11-25(15)32(27,28)18-10-9-16(21)31-18/h5-10,15H,2-4,11-12H2,1H3,(H,22,24,26). The first-order chi connectivity index (χ1) is 15.4. The minimum absolute atomic E-state index is 0.0689. The average molecular weight is 497 g/mol. The number of hydrogen-bond donors (Lipinski definition) is 1. The Kier molecular flexibility index (Phi) is 6.79. The number of methoxy groups -OCH3 is 1. The zero-order valence-electron chi connectivity index (χ0n) is 17.2.